The van der Waals surface area contributed by atoms with E-state index in [4.69, 9.17) is 0 Å². The molecule has 2 heterocycles. The van der Waals surface area contributed by atoms with E-state index in [0.717, 1.165) is 21.0 Å². The molecule has 0 bridgehead atoms. The summed E-state index contributed by atoms with van der Waals surface area (Å²) < 4.78 is 0. The van der Waals surface area contributed by atoms with Gasteiger partial charge in [0.25, 0.3) is 5.91 Å². The fourth-order valence-corrected chi connectivity index (χ4v) is 2.80. The number of hydrogen-bond donors (Lipinski definition) is 2. The Morgan fingerprint density at radius 3 is 2.86 bits per heavy atom. The number of carbonyl (C=O) groups excluding carboxylic acids is 1. The van der Waals surface area contributed by atoms with Crippen LogP contribution in [0.25, 0.3) is 11.0 Å². The van der Waals surface area contributed by atoms with Crippen LogP contribution in [-0.4, -0.2) is 26.1 Å². The molecular weight excluding hydrogens is 298 g/mol. The number of fused-ring (bicyclic) bond motifs is 1. The SMILES string of the molecule is CC(C)(C)c1nnc(CNC(=O)c2ccc3nc[nH]c3c2)s1. The number of aromatic nitrogens is 4. The summed E-state index contributed by atoms with van der Waals surface area (Å²) in [5.74, 6) is -0.135. The first-order valence-corrected chi connectivity index (χ1v) is 7.79. The Morgan fingerprint density at radius 1 is 1.32 bits per heavy atom. The Kier molecular flexibility index (Phi) is 3.66. The molecule has 6 nitrogen and oxygen atoms in total. The van der Waals surface area contributed by atoms with Crippen LogP contribution >= 0.6 is 11.3 Å². The van der Waals surface area contributed by atoms with Gasteiger partial charge in [-0.1, -0.05) is 32.1 Å². The monoisotopic (exact) mass is 315 g/mol. The van der Waals surface area contributed by atoms with E-state index in [0.29, 0.717) is 12.1 Å². The van der Waals surface area contributed by atoms with Gasteiger partial charge in [0.05, 0.1) is 23.9 Å². The lowest BCUT2D eigenvalue weighted by molar-refractivity contribution is 0.0951. The molecule has 1 amide bonds. The van der Waals surface area contributed by atoms with Crippen molar-refractivity contribution in [2.24, 2.45) is 0 Å². The third-order valence-electron chi connectivity index (χ3n) is 3.19. The number of amides is 1. The summed E-state index contributed by atoms with van der Waals surface area (Å²) in [7, 11) is 0. The molecule has 0 saturated carbocycles. The van der Waals surface area contributed by atoms with E-state index >= 15 is 0 Å². The van der Waals surface area contributed by atoms with Crippen molar-refractivity contribution in [2.45, 2.75) is 32.7 Å². The number of benzene rings is 1. The topological polar surface area (TPSA) is 83.6 Å². The summed E-state index contributed by atoms with van der Waals surface area (Å²) >= 11 is 1.53. The largest absolute Gasteiger partial charge is 0.345 e. The Bertz CT molecular complexity index is 815. The zero-order valence-electron chi connectivity index (χ0n) is 12.7. The van der Waals surface area contributed by atoms with E-state index in [2.05, 4.69) is 46.3 Å². The summed E-state index contributed by atoms with van der Waals surface area (Å²) in [6, 6.07) is 5.38. The molecule has 3 rings (SSSR count). The highest BCUT2D eigenvalue weighted by Crippen LogP contribution is 2.25. The predicted molar refractivity (Wildman–Crippen MR) is 85.9 cm³/mol. The van der Waals surface area contributed by atoms with Gasteiger partial charge in [0, 0.05) is 11.0 Å². The first-order valence-electron chi connectivity index (χ1n) is 6.98. The number of nitrogens with one attached hydrogen (secondary N) is 2. The second kappa shape index (κ2) is 5.49. The van der Waals surface area contributed by atoms with Gasteiger partial charge in [0.1, 0.15) is 10.0 Å². The van der Waals surface area contributed by atoms with E-state index in [1.165, 1.54) is 11.3 Å². The number of imidazole rings is 1. The standard InChI is InChI=1S/C15H17N5OS/c1-15(2,3)14-20-19-12(22-14)7-16-13(21)9-4-5-10-11(6-9)18-8-17-10/h4-6,8H,7H2,1-3H3,(H,16,21)(H,17,18). The summed E-state index contributed by atoms with van der Waals surface area (Å²) in [5.41, 5.74) is 2.26. The number of nitrogens with zero attached hydrogens (tertiary/aromatic N) is 3. The molecule has 2 aromatic heterocycles. The van der Waals surface area contributed by atoms with Crippen molar-refractivity contribution in [3.63, 3.8) is 0 Å². The van der Waals surface area contributed by atoms with Gasteiger partial charge in [-0.05, 0) is 18.2 Å². The third kappa shape index (κ3) is 2.99. The van der Waals surface area contributed by atoms with Gasteiger partial charge < -0.3 is 10.3 Å². The molecule has 0 radical (unpaired) electrons. The van der Waals surface area contributed by atoms with Crippen LogP contribution in [0.5, 0.6) is 0 Å². The van der Waals surface area contributed by atoms with Crippen LogP contribution in [0.3, 0.4) is 0 Å². The maximum atomic E-state index is 12.2. The molecule has 114 valence electrons. The van der Waals surface area contributed by atoms with Crippen LogP contribution in [0.15, 0.2) is 24.5 Å². The predicted octanol–water partition coefficient (Wildman–Crippen LogP) is 2.64. The molecule has 2 N–H and O–H groups in total. The Hall–Kier alpha value is -2.28. The van der Waals surface area contributed by atoms with Gasteiger partial charge >= 0.3 is 0 Å². The van der Waals surface area contributed by atoms with Crippen molar-refractivity contribution in [1.29, 1.82) is 0 Å². The van der Waals surface area contributed by atoms with Gasteiger partial charge in [-0.2, -0.15) is 0 Å². The van der Waals surface area contributed by atoms with Gasteiger partial charge in [-0.3, -0.25) is 4.79 Å². The Morgan fingerprint density at radius 2 is 2.14 bits per heavy atom. The highest BCUT2D eigenvalue weighted by Gasteiger charge is 2.19. The van der Waals surface area contributed by atoms with Crippen molar-refractivity contribution < 1.29 is 4.79 Å². The van der Waals surface area contributed by atoms with Crippen LogP contribution < -0.4 is 5.32 Å². The summed E-state index contributed by atoms with van der Waals surface area (Å²) in [5, 5.41) is 12.9. The Balaban J connectivity index is 1.68. The molecule has 0 aliphatic heterocycles. The number of H-pyrrole nitrogens is 1. The molecule has 3 aromatic rings. The molecule has 0 unspecified atom stereocenters. The average molecular weight is 315 g/mol. The van der Waals surface area contributed by atoms with Crippen LogP contribution in [0.1, 0.15) is 41.1 Å². The number of rotatable bonds is 3. The quantitative estimate of drug-likeness (QED) is 0.778. The number of carbonyl (C=O) groups is 1. The molecule has 1 aromatic carbocycles. The number of aromatic amines is 1. The third-order valence-corrected chi connectivity index (χ3v) is 4.54. The first kappa shape index (κ1) is 14.6. The molecule has 0 spiro atoms. The lowest BCUT2D eigenvalue weighted by Crippen LogP contribution is -2.22. The van der Waals surface area contributed by atoms with E-state index in [1.807, 2.05) is 6.07 Å². The highest BCUT2D eigenvalue weighted by atomic mass is 32.1. The second-order valence-corrected chi connectivity index (χ2v) is 7.13. The minimum absolute atomic E-state index is 0.0222. The maximum absolute atomic E-state index is 12.2. The lowest BCUT2D eigenvalue weighted by Gasteiger charge is -2.12. The lowest BCUT2D eigenvalue weighted by atomic mass is 9.98. The highest BCUT2D eigenvalue weighted by molar-refractivity contribution is 7.11. The fraction of sp³-hybridized carbons (Fsp3) is 0.333. The first-order chi connectivity index (χ1) is 10.4. The van der Waals surface area contributed by atoms with Crippen molar-refractivity contribution in [3.8, 4) is 0 Å². The van der Waals surface area contributed by atoms with Crippen LogP contribution in [0.2, 0.25) is 0 Å². The molecule has 7 heteroatoms. The minimum atomic E-state index is -0.135. The fourth-order valence-electron chi connectivity index (χ4n) is 1.96. The van der Waals surface area contributed by atoms with Crippen LogP contribution in [0.4, 0.5) is 0 Å². The minimum Gasteiger partial charge on any atom is -0.345 e. The molecular formula is C15H17N5OS. The molecule has 0 atom stereocenters. The summed E-state index contributed by atoms with van der Waals surface area (Å²) in [4.78, 5) is 19.3. The molecule has 0 fully saturated rings. The maximum Gasteiger partial charge on any atom is 0.251 e. The van der Waals surface area contributed by atoms with Gasteiger partial charge in [0.15, 0.2) is 0 Å². The van der Waals surface area contributed by atoms with E-state index < -0.39 is 0 Å². The molecule has 22 heavy (non-hydrogen) atoms. The van der Waals surface area contributed by atoms with Gasteiger partial charge in [-0.25, -0.2) is 4.98 Å². The summed E-state index contributed by atoms with van der Waals surface area (Å²) in [6.07, 6.45) is 1.61. The zero-order chi connectivity index (χ0) is 15.7. The Labute approximate surface area is 132 Å². The van der Waals surface area contributed by atoms with E-state index in [9.17, 15) is 4.79 Å². The van der Waals surface area contributed by atoms with E-state index in [1.54, 1.807) is 18.5 Å². The molecule has 0 saturated heterocycles. The normalized spacial score (nSPS) is 11.8. The van der Waals surface area contributed by atoms with Crippen molar-refractivity contribution >= 4 is 28.3 Å². The molecule has 0 aliphatic carbocycles. The average Bonchev–Trinajstić information content (AvgIpc) is 3.12. The smallest absolute Gasteiger partial charge is 0.251 e. The zero-order valence-corrected chi connectivity index (χ0v) is 13.5. The van der Waals surface area contributed by atoms with Crippen LogP contribution in [-0.2, 0) is 12.0 Å². The number of hydrogen-bond acceptors (Lipinski definition) is 5. The van der Waals surface area contributed by atoms with Crippen LogP contribution in [0, 0.1) is 0 Å². The van der Waals surface area contributed by atoms with Crippen molar-refractivity contribution in [1.82, 2.24) is 25.5 Å². The second-order valence-electron chi connectivity index (χ2n) is 6.07. The van der Waals surface area contributed by atoms with Crippen molar-refractivity contribution in [2.75, 3.05) is 0 Å². The van der Waals surface area contributed by atoms with Gasteiger partial charge in [0.2, 0.25) is 0 Å². The van der Waals surface area contributed by atoms with E-state index in [-0.39, 0.29) is 11.3 Å². The van der Waals surface area contributed by atoms with Gasteiger partial charge in [-0.15, -0.1) is 10.2 Å². The summed E-state index contributed by atoms with van der Waals surface area (Å²) in [6.45, 7) is 6.66. The van der Waals surface area contributed by atoms with Crippen molar-refractivity contribution in [3.05, 3.63) is 40.1 Å². The molecule has 0 aliphatic rings.